The van der Waals surface area contributed by atoms with Crippen molar-refractivity contribution in [2.75, 3.05) is 17.1 Å². The molecule has 3 aromatic rings. The maximum Gasteiger partial charge on any atom is 0.405 e. The highest BCUT2D eigenvalue weighted by molar-refractivity contribution is 7.92. The van der Waals surface area contributed by atoms with Crippen LogP contribution in [0, 0.1) is 12.7 Å². The number of halogens is 1. The Labute approximate surface area is 201 Å². The predicted octanol–water partition coefficient (Wildman–Crippen LogP) is 4.19. The van der Waals surface area contributed by atoms with Crippen molar-refractivity contribution in [2.24, 2.45) is 0 Å². The zero-order valence-corrected chi connectivity index (χ0v) is 20.1. The molecule has 1 aromatic heterocycles. The van der Waals surface area contributed by atoms with E-state index in [0.717, 1.165) is 6.07 Å². The highest BCUT2D eigenvalue weighted by Gasteiger charge is 2.30. The molecule has 0 fully saturated rings. The van der Waals surface area contributed by atoms with Gasteiger partial charge in [-0.2, -0.15) is 0 Å². The molecule has 4 N–H and O–H groups in total. The van der Waals surface area contributed by atoms with E-state index in [2.05, 4.69) is 15.4 Å². The molecular formula is C23H24FN3O7S. The van der Waals surface area contributed by atoms with E-state index >= 15 is 0 Å². The summed E-state index contributed by atoms with van der Waals surface area (Å²) in [5, 5.41) is 13.5. The molecule has 0 atom stereocenters. The van der Waals surface area contributed by atoms with Gasteiger partial charge in [0.25, 0.3) is 10.0 Å². The summed E-state index contributed by atoms with van der Waals surface area (Å²) in [4.78, 5) is 23.2. The number of anilines is 2. The summed E-state index contributed by atoms with van der Waals surface area (Å²) in [7, 11) is -2.86. The summed E-state index contributed by atoms with van der Waals surface area (Å²) in [6.07, 6.45) is -1.39. The van der Waals surface area contributed by atoms with Crippen molar-refractivity contribution in [1.82, 2.24) is 5.32 Å². The number of hydrogen-bond acceptors (Lipinski definition) is 6. The van der Waals surface area contributed by atoms with Gasteiger partial charge in [0, 0.05) is 0 Å². The molecule has 0 bridgehead atoms. The Bertz CT molecular complexity index is 1380. The zero-order valence-electron chi connectivity index (χ0n) is 19.3. The van der Waals surface area contributed by atoms with Gasteiger partial charge < -0.3 is 24.9 Å². The number of carbonyl (C=O) groups excluding carboxylic acids is 1. The number of carbonyl (C=O) groups is 2. The number of amides is 2. The van der Waals surface area contributed by atoms with E-state index in [1.807, 2.05) is 0 Å². The van der Waals surface area contributed by atoms with Crippen LogP contribution in [0.3, 0.4) is 0 Å². The number of furan rings is 1. The molecule has 3 rings (SSSR count). The minimum absolute atomic E-state index is 0.0521. The minimum atomic E-state index is -4.20. The van der Waals surface area contributed by atoms with Crippen molar-refractivity contribution in [1.29, 1.82) is 0 Å². The van der Waals surface area contributed by atoms with E-state index < -0.39 is 33.4 Å². The van der Waals surface area contributed by atoms with Gasteiger partial charge in [0.05, 0.1) is 28.9 Å². The first-order valence-corrected chi connectivity index (χ1v) is 11.7. The lowest BCUT2D eigenvalue weighted by Crippen LogP contribution is -2.51. The highest BCUT2D eigenvalue weighted by Crippen LogP contribution is 2.31. The monoisotopic (exact) mass is 505 g/mol. The van der Waals surface area contributed by atoms with Gasteiger partial charge in [0.2, 0.25) is 5.91 Å². The third kappa shape index (κ3) is 5.90. The summed E-state index contributed by atoms with van der Waals surface area (Å²) in [5.74, 6) is -0.422. The van der Waals surface area contributed by atoms with Crippen molar-refractivity contribution in [3.05, 3.63) is 60.1 Å². The zero-order chi connectivity index (χ0) is 26.0. The standard InChI is InChI=1S/C23H24FN3O7S/c1-13-5-9-19(34-13)16-8-7-15(12-17(16)24)35(31,32)27-14-6-10-20(33-4)18(11-14)25-21(28)23(2,3)26-22(29)30/h5-12,26-27H,1-4H3,(H,25,28)(H,29,30). The predicted molar refractivity (Wildman–Crippen MR) is 127 cm³/mol. The Morgan fingerprint density at radius 2 is 1.80 bits per heavy atom. The van der Waals surface area contributed by atoms with Crippen LogP contribution in [0.15, 0.2) is 57.8 Å². The molecular weight excluding hydrogens is 481 g/mol. The van der Waals surface area contributed by atoms with E-state index in [0.29, 0.717) is 5.76 Å². The molecule has 0 saturated carbocycles. The van der Waals surface area contributed by atoms with Crippen LogP contribution in [-0.2, 0) is 14.8 Å². The van der Waals surface area contributed by atoms with E-state index in [-0.39, 0.29) is 33.3 Å². The van der Waals surface area contributed by atoms with Crippen LogP contribution in [0.25, 0.3) is 11.3 Å². The van der Waals surface area contributed by atoms with E-state index in [1.165, 1.54) is 51.3 Å². The van der Waals surface area contributed by atoms with Crippen LogP contribution < -0.4 is 20.1 Å². The Balaban J connectivity index is 1.86. The fourth-order valence-electron chi connectivity index (χ4n) is 3.13. The molecule has 35 heavy (non-hydrogen) atoms. The van der Waals surface area contributed by atoms with Crippen molar-refractivity contribution < 1.29 is 36.7 Å². The van der Waals surface area contributed by atoms with Gasteiger partial charge in [-0.05, 0) is 69.3 Å². The Kier molecular flexibility index (Phi) is 7.06. The van der Waals surface area contributed by atoms with Crippen molar-refractivity contribution in [3.8, 4) is 17.1 Å². The third-order valence-corrected chi connectivity index (χ3v) is 6.32. The first kappa shape index (κ1) is 25.6. The first-order valence-electron chi connectivity index (χ1n) is 10.2. The van der Waals surface area contributed by atoms with E-state index in [1.54, 1.807) is 19.1 Å². The molecule has 0 aliphatic carbocycles. The van der Waals surface area contributed by atoms with Crippen LogP contribution in [0.4, 0.5) is 20.6 Å². The van der Waals surface area contributed by atoms with Crippen LogP contribution in [0.1, 0.15) is 19.6 Å². The quantitative estimate of drug-likeness (QED) is 0.359. The number of nitrogens with one attached hydrogen (secondary N) is 3. The summed E-state index contributed by atoms with van der Waals surface area (Å²) in [5.41, 5.74) is -1.23. The smallest absolute Gasteiger partial charge is 0.405 e. The molecule has 0 aliphatic heterocycles. The average Bonchev–Trinajstić information content (AvgIpc) is 3.18. The fraction of sp³-hybridized carbons (Fsp3) is 0.217. The second kappa shape index (κ2) is 9.66. The molecule has 12 heteroatoms. The lowest BCUT2D eigenvalue weighted by atomic mass is 10.0. The molecule has 1 heterocycles. The molecule has 2 aromatic carbocycles. The van der Waals surface area contributed by atoms with E-state index in [9.17, 15) is 22.4 Å². The first-order chi connectivity index (χ1) is 16.3. The average molecular weight is 506 g/mol. The SMILES string of the molecule is COc1ccc(NS(=O)(=O)c2ccc(-c3ccc(C)o3)c(F)c2)cc1NC(=O)C(C)(C)NC(=O)O. The van der Waals surface area contributed by atoms with Crippen molar-refractivity contribution >= 4 is 33.4 Å². The summed E-state index contributed by atoms with van der Waals surface area (Å²) in [6, 6.07) is 10.8. The number of rotatable bonds is 8. The number of ether oxygens (including phenoxy) is 1. The molecule has 2 amide bonds. The van der Waals surface area contributed by atoms with E-state index in [4.69, 9.17) is 14.3 Å². The topological polar surface area (TPSA) is 147 Å². The fourth-order valence-corrected chi connectivity index (χ4v) is 4.19. The lowest BCUT2D eigenvalue weighted by Gasteiger charge is -2.24. The van der Waals surface area contributed by atoms with Gasteiger partial charge in [-0.3, -0.25) is 9.52 Å². The third-order valence-electron chi connectivity index (χ3n) is 4.94. The van der Waals surface area contributed by atoms with Gasteiger partial charge in [-0.15, -0.1) is 0 Å². The normalized spacial score (nSPS) is 11.6. The maximum absolute atomic E-state index is 14.7. The summed E-state index contributed by atoms with van der Waals surface area (Å²) in [6.45, 7) is 4.43. The van der Waals surface area contributed by atoms with Crippen LogP contribution in [0.2, 0.25) is 0 Å². The largest absolute Gasteiger partial charge is 0.495 e. The minimum Gasteiger partial charge on any atom is -0.495 e. The second-order valence-corrected chi connectivity index (χ2v) is 9.76. The van der Waals surface area contributed by atoms with Crippen molar-refractivity contribution in [3.63, 3.8) is 0 Å². The maximum atomic E-state index is 14.7. The second-order valence-electron chi connectivity index (χ2n) is 8.08. The van der Waals surface area contributed by atoms with Gasteiger partial charge in [0.1, 0.15) is 28.6 Å². The molecule has 186 valence electrons. The molecule has 10 nitrogen and oxygen atoms in total. The van der Waals surface area contributed by atoms with Gasteiger partial charge in [-0.1, -0.05) is 0 Å². The van der Waals surface area contributed by atoms with Crippen LogP contribution >= 0.6 is 0 Å². The summed E-state index contributed by atoms with van der Waals surface area (Å²) < 4.78 is 53.3. The molecule has 0 aliphatic rings. The highest BCUT2D eigenvalue weighted by atomic mass is 32.2. The molecule has 0 spiro atoms. The van der Waals surface area contributed by atoms with Gasteiger partial charge in [0.15, 0.2) is 0 Å². The summed E-state index contributed by atoms with van der Waals surface area (Å²) >= 11 is 0. The lowest BCUT2D eigenvalue weighted by molar-refractivity contribution is -0.121. The Morgan fingerprint density at radius 1 is 1.09 bits per heavy atom. The molecule has 0 radical (unpaired) electrons. The van der Waals surface area contributed by atoms with Gasteiger partial charge in [-0.25, -0.2) is 17.6 Å². The number of benzene rings is 2. The molecule has 0 unspecified atom stereocenters. The Morgan fingerprint density at radius 3 is 2.37 bits per heavy atom. The van der Waals surface area contributed by atoms with Gasteiger partial charge >= 0.3 is 6.09 Å². The number of methoxy groups -OCH3 is 1. The van der Waals surface area contributed by atoms with Crippen molar-refractivity contribution in [2.45, 2.75) is 31.2 Å². The number of sulfonamides is 1. The van der Waals surface area contributed by atoms with Crippen LogP contribution in [0.5, 0.6) is 5.75 Å². The van der Waals surface area contributed by atoms with Crippen LogP contribution in [-0.4, -0.2) is 38.2 Å². The number of hydrogen-bond donors (Lipinski definition) is 4. The number of aryl methyl sites for hydroxylation is 1. The number of carboxylic acid groups (broad SMARTS) is 1. The molecule has 0 saturated heterocycles. The Hall–Kier alpha value is -4.06.